The van der Waals surface area contributed by atoms with E-state index in [1.807, 2.05) is 25.7 Å². The Balaban J connectivity index is 1.50. The molecule has 1 aromatic heterocycles. The zero-order chi connectivity index (χ0) is 20.8. The maximum absolute atomic E-state index is 12.7. The fourth-order valence-electron chi connectivity index (χ4n) is 4.39. The van der Waals surface area contributed by atoms with Crippen LogP contribution in [0.5, 0.6) is 5.75 Å². The van der Waals surface area contributed by atoms with Gasteiger partial charge in [0.05, 0.1) is 6.10 Å². The van der Waals surface area contributed by atoms with Crippen molar-refractivity contribution in [1.82, 2.24) is 10.2 Å². The van der Waals surface area contributed by atoms with E-state index in [1.54, 1.807) is 12.1 Å². The summed E-state index contributed by atoms with van der Waals surface area (Å²) < 4.78 is 11.9. The Hall–Kier alpha value is -2.54. The van der Waals surface area contributed by atoms with Gasteiger partial charge >= 0.3 is 0 Å². The van der Waals surface area contributed by atoms with E-state index in [0.717, 1.165) is 18.4 Å². The molecule has 1 unspecified atom stereocenters. The minimum Gasteiger partial charge on any atom is -0.487 e. The number of furan rings is 1. The molecule has 0 radical (unpaired) electrons. The number of benzene rings is 1. The molecule has 29 heavy (non-hydrogen) atoms. The summed E-state index contributed by atoms with van der Waals surface area (Å²) in [6, 6.07) is 3.57. The summed E-state index contributed by atoms with van der Waals surface area (Å²) in [4.78, 5) is 26.2. The highest BCUT2D eigenvalue weighted by molar-refractivity contribution is 6.00. The lowest BCUT2D eigenvalue weighted by Crippen LogP contribution is -2.34. The Bertz CT molecular complexity index is 962. The van der Waals surface area contributed by atoms with Crippen molar-refractivity contribution in [2.75, 3.05) is 19.6 Å². The zero-order valence-corrected chi connectivity index (χ0v) is 17.2. The number of rotatable bonds is 5. The number of aliphatic hydroxyl groups is 1. The van der Waals surface area contributed by atoms with Crippen LogP contribution in [0, 0.1) is 6.92 Å². The number of likely N-dealkylation sites (tertiary alicyclic amines) is 1. The first kappa shape index (κ1) is 19.8. The van der Waals surface area contributed by atoms with Crippen LogP contribution in [0.2, 0.25) is 0 Å². The first-order valence-corrected chi connectivity index (χ1v) is 10.3. The molecule has 0 aliphatic carbocycles. The van der Waals surface area contributed by atoms with E-state index < -0.39 is 11.7 Å². The van der Waals surface area contributed by atoms with Crippen LogP contribution in [-0.2, 0) is 4.79 Å². The number of carbonyl (C=O) groups excluding carboxylic acids is 2. The third kappa shape index (κ3) is 3.71. The Labute approximate surface area is 170 Å². The number of carbonyl (C=O) groups is 2. The number of hydrogen-bond donors (Lipinski definition) is 2. The molecule has 2 N–H and O–H groups in total. The summed E-state index contributed by atoms with van der Waals surface area (Å²) in [6.45, 7) is 7.65. The summed E-state index contributed by atoms with van der Waals surface area (Å²) in [5, 5.41) is 14.3. The predicted molar refractivity (Wildman–Crippen MR) is 108 cm³/mol. The summed E-state index contributed by atoms with van der Waals surface area (Å²) in [5.41, 5.74) is 1.51. The standard InChI is InChI=1S/C22H28N2O5/c1-13-18-15(7-8-16-19(18)14(25)12-22(2,3)29-16)28-20(13)21(27)23-9-5-11-24-10-4-6-17(24)26/h7-8,14,25H,4-6,9-12H2,1-3H3,(H,23,27). The molecule has 156 valence electrons. The number of nitrogens with one attached hydrogen (secondary N) is 1. The summed E-state index contributed by atoms with van der Waals surface area (Å²) in [6.07, 6.45) is 2.04. The molecule has 2 aromatic rings. The summed E-state index contributed by atoms with van der Waals surface area (Å²) >= 11 is 0. The van der Waals surface area contributed by atoms with Crippen molar-refractivity contribution in [1.29, 1.82) is 0 Å². The number of nitrogens with zero attached hydrogens (tertiary/aromatic N) is 1. The van der Waals surface area contributed by atoms with Crippen molar-refractivity contribution in [3.63, 3.8) is 0 Å². The van der Waals surface area contributed by atoms with Crippen LogP contribution in [0.1, 0.15) is 67.3 Å². The quantitative estimate of drug-likeness (QED) is 0.753. The number of fused-ring (bicyclic) bond motifs is 3. The van der Waals surface area contributed by atoms with Crippen LogP contribution >= 0.6 is 0 Å². The fourth-order valence-corrected chi connectivity index (χ4v) is 4.39. The molecule has 0 spiro atoms. The maximum atomic E-state index is 12.7. The van der Waals surface area contributed by atoms with Crippen LogP contribution < -0.4 is 10.1 Å². The topological polar surface area (TPSA) is 92.0 Å². The third-order valence-electron chi connectivity index (χ3n) is 5.77. The second kappa shape index (κ2) is 7.37. The second-order valence-corrected chi connectivity index (χ2v) is 8.58. The third-order valence-corrected chi connectivity index (χ3v) is 5.77. The molecular weight excluding hydrogens is 372 g/mol. The zero-order valence-electron chi connectivity index (χ0n) is 17.2. The Morgan fingerprint density at radius 2 is 2.17 bits per heavy atom. The molecule has 1 atom stereocenters. The van der Waals surface area contributed by atoms with E-state index in [2.05, 4.69) is 5.32 Å². The van der Waals surface area contributed by atoms with Gasteiger partial charge in [-0.25, -0.2) is 0 Å². The van der Waals surface area contributed by atoms with Crippen molar-refractivity contribution < 1.29 is 23.8 Å². The molecule has 2 aliphatic heterocycles. The molecule has 2 aliphatic rings. The Kier molecular flexibility index (Phi) is 5.02. The average molecular weight is 400 g/mol. The molecule has 4 rings (SSSR count). The number of ether oxygens (including phenoxy) is 1. The molecular formula is C22H28N2O5. The molecule has 1 aromatic carbocycles. The van der Waals surface area contributed by atoms with Gasteiger partial charge in [-0.15, -0.1) is 0 Å². The van der Waals surface area contributed by atoms with Gasteiger partial charge in [0.2, 0.25) is 5.91 Å². The Morgan fingerprint density at radius 1 is 1.38 bits per heavy atom. The van der Waals surface area contributed by atoms with Crippen LogP contribution in [0.4, 0.5) is 0 Å². The minimum atomic E-state index is -0.678. The molecule has 7 heteroatoms. The normalized spacial score (nSPS) is 20.6. The summed E-state index contributed by atoms with van der Waals surface area (Å²) in [5.74, 6) is 0.792. The maximum Gasteiger partial charge on any atom is 0.287 e. The fraction of sp³-hybridized carbons (Fsp3) is 0.545. The molecule has 2 amide bonds. The number of aliphatic hydroxyl groups excluding tert-OH is 1. The predicted octanol–water partition coefficient (Wildman–Crippen LogP) is 3.08. The lowest BCUT2D eigenvalue weighted by atomic mass is 9.89. The molecule has 3 heterocycles. The van der Waals surface area contributed by atoms with Crippen LogP contribution in [0.15, 0.2) is 16.5 Å². The van der Waals surface area contributed by atoms with Crippen LogP contribution in [0.25, 0.3) is 11.0 Å². The van der Waals surface area contributed by atoms with E-state index in [0.29, 0.717) is 54.8 Å². The van der Waals surface area contributed by atoms with Gasteiger partial charge in [0.15, 0.2) is 5.76 Å². The average Bonchev–Trinajstić information content (AvgIpc) is 3.20. The van der Waals surface area contributed by atoms with Gasteiger partial charge in [0, 0.05) is 49.0 Å². The van der Waals surface area contributed by atoms with E-state index in [9.17, 15) is 14.7 Å². The minimum absolute atomic E-state index is 0.193. The van der Waals surface area contributed by atoms with Gasteiger partial charge in [0.1, 0.15) is 16.9 Å². The molecule has 1 fully saturated rings. The second-order valence-electron chi connectivity index (χ2n) is 8.58. The van der Waals surface area contributed by atoms with E-state index in [-0.39, 0.29) is 17.6 Å². The highest BCUT2D eigenvalue weighted by Gasteiger charge is 2.35. The molecule has 0 saturated carbocycles. The van der Waals surface area contributed by atoms with Crippen LogP contribution in [-0.4, -0.2) is 47.1 Å². The number of aryl methyl sites for hydroxylation is 1. The highest BCUT2D eigenvalue weighted by atomic mass is 16.5. The number of hydrogen-bond acceptors (Lipinski definition) is 5. The highest BCUT2D eigenvalue weighted by Crippen LogP contribution is 2.45. The van der Waals surface area contributed by atoms with Crippen LogP contribution in [0.3, 0.4) is 0 Å². The van der Waals surface area contributed by atoms with Gasteiger partial charge in [-0.1, -0.05) is 0 Å². The first-order valence-electron chi connectivity index (χ1n) is 10.3. The lowest BCUT2D eigenvalue weighted by molar-refractivity contribution is -0.127. The number of amides is 2. The SMILES string of the molecule is Cc1c(C(=O)NCCCN2CCCC2=O)oc2ccc3c(c12)C(O)CC(C)(C)O3. The first-order chi connectivity index (χ1) is 13.8. The van der Waals surface area contributed by atoms with Crippen molar-refractivity contribution in [2.24, 2.45) is 0 Å². The van der Waals surface area contributed by atoms with Crippen molar-refractivity contribution in [2.45, 2.75) is 58.2 Å². The molecule has 1 saturated heterocycles. The Morgan fingerprint density at radius 3 is 2.90 bits per heavy atom. The van der Waals surface area contributed by atoms with Crippen molar-refractivity contribution in [3.8, 4) is 5.75 Å². The van der Waals surface area contributed by atoms with Gasteiger partial charge in [-0.3, -0.25) is 9.59 Å². The lowest BCUT2D eigenvalue weighted by Gasteiger charge is -2.35. The smallest absolute Gasteiger partial charge is 0.287 e. The van der Waals surface area contributed by atoms with E-state index in [1.165, 1.54) is 0 Å². The van der Waals surface area contributed by atoms with Gasteiger partial charge in [-0.2, -0.15) is 0 Å². The molecule has 0 bridgehead atoms. The van der Waals surface area contributed by atoms with Gasteiger partial charge in [0.25, 0.3) is 5.91 Å². The monoisotopic (exact) mass is 400 g/mol. The van der Waals surface area contributed by atoms with Gasteiger partial charge in [-0.05, 0) is 45.7 Å². The summed E-state index contributed by atoms with van der Waals surface area (Å²) in [7, 11) is 0. The van der Waals surface area contributed by atoms with Gasteiger partial charge < -0.3 is 24.5 Å². The van der Waals surface area contributed by atoms with E-state index in [4.69, 9.17) is 9.15 Å². The van der Waals surface area contributed by atoms with Crippen molar-refractivity contribution >= 4 is 22.8 Å². The largest absolute Gasteiger partial charge is 0.487 e. The van der Waals surface area contributed by atoms with Crippen molar-refractivity contribution in [3.05, 3.63) is 29.0 Å². The molecule has 7 nitrogen and oxygen atoms in total. The van der Waals surface area contributed by atoms with E-state index >= 15 is 0 Å².